The second-order valence-electron chi connectivity index (χ2n) is 4.36. The molecule has 3 aromatic rings. The van der Waals surface area contributed by atoms with Crippen LogP contribution >= 0.6 is 11.3 Å². The van der Waals surface area contributed by atoms with Crippen molar-refractivity contribution in [2.45, 2.75) is 13.3 Å². The maximum Gasteiger partial charge on any atom is 0.224 e. The van der Waals surface area contributed by atoms with E-state index in [9.17, 15) is 9.18 Å². The van der Waals surface area contributed by atoms with Crippen molar-refractivity contribution in [3.8, 4) is 10.6 Å². The van der Waals surface area contributed by atoms with E-state index in [0.29, 0.717) is 28.3 Å². The van der Waals surface area contributed by atoms with Gasteiger partial charge in [0.15, 0.2) is 5.65 Å². The van der Waals surface area contributed by atoms with Crippen molar-refractivity contribution in [3.63, 3.8) is 0 Å². The number of carbonyl (C=O) groups excluding carboxylic acids is 1. The standard InChI is InChI=1S/C14H11FN4OS/c1-2-12(20)18-10-4-11-13(17-7-10)19-14(21-11)8-3-9(15)6-16-5-8/h3-7H,2H2,1H3,(H,18,20). The molecule has 1 amide bonds. The molecule has 0 spiro atoms. The highest BCUT2D eigenvalue weighted by Gasteiger charge is 2.10. The van der Waals surface area contributed by atoms with Crippen LogP contribution in [0.1, 0.15) is 13.3 Å². The van der Waals surface area contributed by atoms with Crippen LogP contribution in [0.3, 0.4) is 0 Å². The average molecular weight is 302 g/mol. The molecule has 0 aliphatic heterocycles. The number of aromatic nitrogens is 3. The van der Waals surface area contributed by atoms with E-state index in [1.807, 2.05) is 6.07 Å². The van der Waals surface area contributed by atoms with Crippen LogP contribution in [0.25, 0.3) is 20.9 Å². The summed E-state index contributed by atoms with van der Waals surface area (Å²) in [6, 6.07) is 3.19. The lowest BCUT2D eigenvalue weighted by Crippen LogP contribution is -2.09. The number of pyridine rings is 2. The molecule has 0 unspecified atom stereocenters. The van der Waals surface area contributed by atoms with Gasteiger partial charge in [-0.25, -0.2) is 14.4 Å². The van der Waals surface area contributed by atoms with Crippen LogP contribution in [0.2, 0.25) is 0 Å². The van der Waals surface area contributed by atoms with E-state index in [-0.39, 0.29) is 5.91 Å². The van der Waals surface area contributed by atoms with Crippen molar-refractivity contribution < 1.29 is 9.18 Å². The Morgan fingerprint density at radius 2 is 2.19 bits per heavy atom. The summed E-state index contributed by atoms with van der Waals surface area (Å²) in [5, 5.41) is 3.39. The number of carbonyl (C=O) groups is 1. The first-order valence-electron chi connectivity index (χ1n) is 6.33. The zero-order chi connectivity index (χ0) is 14.8. The van der Waals surface area contributed by atoms with Crippen molar-refractivity contribution in [3.05, 3.63) is 36.5 Å². The third kappa shape index (κ3) is 2.87. The van der Waals surface area contributed by atoms with Gasteiger partial charge in [0.1, 0.15) is 10.8 Å². The van der Waals surface area contributed by atoms with E-state index in [1.165, 1.54) is 17.4 Å². The predicted octanol–water partition coefficient (Wildman–Crippen LogP) is 3.24. The van der Waals surface area contributed by atoms with Crippen molar-refractivity contribution in [2.75, 3.05) is 5.32 Å². The van der Waals surface area contributed by atoms with E-state index in [2.05, 4.69) is 20.3 Å². The highest BCUT2D eigenvalue weighted by Crippen LogP contribution is 2.30. The summed E-state index contributed by atoms with van der Waals surface area (Å²) in [5.74, 6) is -0.481. The number of halogens is 1. The molecule has 0 bridgehead atoms. The summed E-state index contributed by atoms with van der Waals surface area (Å²) < 4.78 is 14.0. The number of nitrogens with one attached hydrogen (secondary N) is 1. The van der Waals surface area contributed by atoms with E-state index >= 15 is 0 Å². The molecule has 106 valence electrons. The number of fused-ring (bicyclic) bond motifs is 1. The second-order valence-corrected chi connectivity index (χ2v) is 5.39. The van der Waals surface area contributed by atoms with Crippen LogP contribution in [-0.2, 0) is 4.79 Å². The number of hydrogen-bond acceptors (Lipinski definition) is 5. The first-order valence-corrected chi connectivity index (χ1v) is 7.14. The number of nitrogens with zero attached hydrogens (tertiary/aromatic N) is 3. The molecule has 0 saturated heterocycles. The lowest BCUT2D eigenvalue weighted by Gasteiger charge is -2.01. The Balaban J connectivity index is 1.98. The monoisotopic (exact) mass is 302 g/mol. The minimum atomic E-state index is -0.407. The summed E-state index contributed by atoms with van der Waals surface area (Å²) in [6.07, 6.45) is 4.66. The van der Waals surface area contributed by atoms with Gasteiger partial charge in [0.2, 0.25) is 5.91 Å². The van der Waals surface area contributed by atoms with Gasteiger partial charge in [-0.15, -0.1) is 11.3 Å². The van der Waals surface area contributed by atoms with Crippen LogP contribution in [0.4, 0.5) is 10.1 Å². The second kappa shape index (κ2) is 5.53. The lowest BCUT2D eigenvalue weighted by molar-refractivity contribution is -0.115. The lowest BCUT2D eigenvalue weighted by atomic mass is 10.3. The molecule has 0 radical (unpaired) electrons. The smallest absolute Gasteiger partial charge is 0.224 e. The topological polar surface area (TPSA) is 67.8 Å². The van der Waals surface area contributed by atoms with Crippen LogP contribution in [0.5, 0.6) is 0 Å². The summed E-state index contributed by atoms with van der Waals surface area (Å²) in [5.41, 5.74) is 1.80. The van der Waals surface area contributed by atoms with Crippen molar-refractivity contribution in [2.24, 2.45) is 0 Å². The van der Waals surface area contributed by atoms with E-state index in [0.717, 1.165) is 10.9 Å². The van der Waals surface area contributed by atoms with Crippen LogP contribution in [0.15, 0.2) is 30.7 Å². The molecule has 3 rings (SSSR count). The fraction of sp³-hybridized carbons (Fsp3) is 0.143. The zero-order valence-corrected chi connectivity index (χ0v) is 11.9. The molecule has 0 aliphatic rings. The number of thiazole rings is 1. The van der Waals surface area contributed by atoms with Gasteiger partial charge in [-0.3, -0.25) is 9.78 Å². The van der Waals surface area contributed by atoms with Gasteiger partial charge in [-0.1, -0.05) is 6.92 Å². The van der Waals surface area contributed by atoms with Crippen LogP contribution in [-0.4, -0.2) is 20.9 Å². The van der Waals surface area contributed by atoms with Gasteiger partial charge < -0.3 is 5.32 Å². The van der Waals surface area contributed by atoms with Gasteiger partial charge in [0.05, 0.1) is 22.8 Å². The molecule has 0 fully saturated rings. The van der Waals surface area contributed by atoms with Crippen LogP contribution < -0.4 is 5.32 Å². The molecular weight excluding hydrogens is 291 g/mol. The molecule has 3 aromatic heterocycles. The highest BCUT2D eigenvalue weighted by atomic mass is 32.1. The maximum absolute atomic E-state index is 13.2. The van der Waals surface area contributed by atoms with Crippen molar-refractivity contribution >= 4 is 33.3 Å². The molecule has 0 aliphatic carbocycles. The minimum Gasteiger partial charge on any atom is -0.325 e. The molecule has 3 heterocycles. The summed E-state index contributed by atoms with van der Waals surface area (Å²) in [7, 11) is 0. The van der Waals surface area contributed by atoms with Crippen molar-refractivity contribution in [1.82, 2.24) is 15.0 Å². The molecule has 0 aromatic carbocycles. The molecule has 5 nitrogen and oxygen atoms in total. The fourth-order valence-electron chi connectivity index (χ4n) is 1.79. The summed E-state index contributed by atoms with van der Waals surface area (Å²) >= 11 is 1.38. The minimum absolute atomic E-state index is 0.0739. The molecule has 7 heteroatoms. The Kier molecular flexibility index (Phi) is 3.57. The first kappa shape index (κ1) is 13.6. The van der Waals surface area contributed by atoms with Gasteiger partial charge in [0.25, 0.3) is 0 Å². The van der Waals surface area contributed by atoms with E-state index in [4.69, 9.17) is 0 Å². The SMILES string of the molecule is CCC(=O)Nc1cnc2nc(-c3cncc(F)c3)sc2c1. The fourth-order valence-corrected chi connectivity index (χ4v) is 2.74. The Morgan fingerprint density at radius 1 is 1.33 bits per heavy atom. The number of rotatable bonds is 3. The Bertz CT molecular complexity index is 818. The quantitative estimate of drug-likeness (QED) is 0.806. The maximum atomic E-state index is 13.2. The summed E-state index contributed by atoms with van der Waals surface area (Å²) in [6.45, 7) is 1.78. The summed E-state index contributed by atoms with van der Waals surface area (Å²) in [4.78, 5) is 23.8. The molecule has 0 atom stereocenters. The van der Waals surface area contributed by atoms with Gasteiger partial charge in [-0.05, 0) is 12.1 Å². The molecular formula is C14H11FN4OS. The third-order valence-corrected chi connectivity index (χ3v) is 3.84. The average Bonchev–Trinajstić information content (AvgIpc) is 2.90. The Morgan fingerprint density at radius 3 is 2.95 bits per heavy atom. The Labute approximate surface area is 123 Å². The normalized spacial score (nSPS) is 10.8. The number of amides is 1. The van der Waals surface area contributed by atoms with Gasteiger partial charge in [0, 0.05) is 18.2 Å². The third-order valence-electron chi connectivity index (χ3n) is 2.80. The first-order chi connectivity index (χ1) is 10.2. The van der Waals surface area contributed by atoms with Gasteiger partial charge >= 0.3 is 0 Å². The van der Waals surface area contributed by atoms with E-state index in [1.54, 1.807) is 19.3 Å². The van der Waals surface area contributed by atoms with Crippen LogP contribution in [0, 0.1) is 5.82 Å². The number of hydrogen-bond donors (Lipinski definition) is 1. The van der Waals surface area contributed by atoms with Crippen molar-refractivity contribution in [1.29, 1.82) is 0 Å². The van der Waals surface area contributed by atoms with Gasteiger partial charge in [-0.2, -0.15) is 0 Å². The molecule has 1 N–H and O–H groups in total. The molecule has 0 saturated carbocycles. The molecule has 21 heavy (non-hydrogen) atoms. The predicted molar refractivity (Wildman–Crippen MR) is 79.5 cm³/mol. The number of anilines is 1. The zero-order valence-electron chi connectivity index (χ0n) is 11.1. The van der Waals surface area contributed by atoms with E-state index < -0.39 is 5.82 Å². The Hall–Kier alpha value is -2.41. The largest absolute Gasteiger partial charge is 0.325 e. The highest BCUT2D eigenvalue weighted by molar-refractivity contribution is 7.21.